The van der Waals surface area contributed by atoms with Gasteiger partial charge in [0, 0.05) is 18.8 Å². The van der Waals surface area contributed by atoms with Gasteiger partial charge in [0.2, 0.25) is 11.9 Å². The summed E-state index contributed by atoms with van der Waals surface area (Å²) < 4.78 is 1.65. The van der Waals surface area contributed by atoms with Crippen LogP contribution in [-0.2, 0) is 24.7 Å². The van der Waals surface area contributed by atoms with E-state index in [4.69, 9.17) is 10.7 Å². The number of aryl methyl sites for hydroxylation is 2. The van der Waals surface area contributed by atoms with Crippen LogP contribution in [-0.4, -0.2) is 44.1 Å². The van der Waals surface area contributed by atoms with E-state index in [0.29, 0.717) is 30.2 Å². The topological polar surface area (TPSA) is 140 Å². The second-order valence-corrected chi connectivity index (χ2v) is 8.04. The van der Waals surface area contributed by atoms with Gasteiger partial charge in [0.15, 0.2) is 5.69 Å². The average molecular weight is 432 g/mol. The SMILES string of the molecule is Cn1nc(C(N)=O)c2c1-c1nc(Nc3ccccc3NC(=O)[C@@H]3CCCN3)ncc1CC2. The molecule has 0 saturated carbocycles. The Labute approximate surface area is 184 Å². The molecule has 0 unspecified atom stereocenters. The number of rotatable bonds is 5. The average Bonchev–Trinajstić information content (AvgIpc) is 3.44. The number of carbonyl (C=O) groups is 2. The van der Waals surface area contributed by atoms with Crippen molar-refractivity contribution >= 4 is 29.1 Å². The predicted molar refractivity (Wildman–Crippen MR) is 120 cm³/mol. The monoisotopic (exact) mass is 432 g/mol. The van der Waals surface area contributed by atoms with Gasteiger partial charge in [0.05, 0.1) is 28.8 Å². The third kappa shape index (κ3) is 3.58. The first-order chi connectivity index (χ1) is 15.5. The quantitative estimate of drug-likeness (QED) is 0.479. The van der Waals surface area contributed by atoms with E-state index >= 15 is 0 Å². The molecule has 32 heavy (non-hydrogen) atoms. The second-order valence-electron chi connectivity index (χ2n) is 8.04. The number of carbonyl (C=O) groups excluding carboxylic acids is 2. The first kappa shape index (κ1) is 20.1. The molecule has 1 atom stereocenters. The summed E-state index contributed by atoms with van der Waals surface area (Å²) >= 11 is 0. The molecule has 10 nitrogen and oxygen atoms in total. The Bertz CT molecular complexity index is 1210. The van der Waals surface area contributed by atoms with Gasteiger partial charge in [-0.3, -0.25) is 14.3 Å². The first-order valence-electron chi connectivity index (χ1n) is 10.6. The Morgan fingerprint density at radius 1 is 1.22 bits per heavy atom. The smallest absolute Gasteiger partial charge is 0.269 e. The minimum absolute atomic E-state index is 0.0541. The van der Waals surface area contributed by atoms with Crippen molar-refractivity contribution in [1.29, 1.82) is 0 Å². The molecule has 3 heterocycles. The molecule has 2 aliphatic rings. The molecule has 0 spiro atoms. The molecular weight excluding hydrogens is 408 g/mol. The Morgan fingerprint density at radius 3 is 2.78 bits per heavy atom. The number of nitrogens with zero attached hydrogens (tertiary/aromatic N) is 4. The minimum Gasteiger partial charge on any atom is -0.364 e. The van der Waals surface area contributed by atoms with Gasteiger partial charge in [-0.15, -0.1) is 0 Å². The summed E-state index contributed by atoms with van der Waals surface area (Å²) in [5, 5.41) is 13.7. The Morgan fingerprint density at radius 2 is 2.03 bits per heavy atom. The van der Waals surface area contributed by atoms with Gasteiger partial charge in [0.1, 0.15) is 0 Å². The number of para-hydroxylation sites is 2. The third-order valence-corrected chi connectivity index (χ3v) is 5.92. The van der Waals surface area contributed by atoms with Gasteiger partial charge in [-0.05, 0) is 49.9 Å². The highest BCUT2D eigenvalue weighted by Gasteiger charge is 2.28. The lowest BCUT2D eigenvalue weighted by molar-refractivity contribution is -0.117. The van der Waals surface area contributed by atoms with E-state index in [2.05, 4.69) is 26.0 Å². The molecule has 1 aliphatic heterocycles. The van der Waals surface area contributed by atoms with Crippen molar-refractivity contribution in [3.63, 3.8) is 0 Å². The lowest BCUT2D eigenvalue weighted by atomic mass is 9.93. The summed E-state index contributed by atoms with van der Waals surface area (Å²) in [6.45, 7) is 0.856. The summed E-state index contributed by atoms with van der Waals surface area (Å²) in [6.07, 6.45) is 4.97. The largest absolute Gasteiger partial charge is 0.364 e. The Hall–Kier alpha value is -3.79. The fourth-order valence-electron chi connectivity index (χ4n) is 4.36. The summed E-state index contributed by atoms with van der Waals surface area (Å²) in [5.74, 6) is -0.208. The van der Waals surface area contributed by atoms with Gasteiger partial charge in [-0.1, -0.05) is 12.1 Å². The van der Waals surface area contributed by atoms with Gasteiger partial charge in [0.25, 0.3) is 5.91 Å². The molecule has 1 aliphatic carbocycles. The third-order valence-electron chi connectivity index (χ3n) is 5.92. The second kappa shape index (κ2) is 8.04. The Balaban J connectivity index is 1.44. The van der Waals surface area contributed by atoms with E-state index in [0.717, 1.165) is 41.9 Å². The molecule has 3 aromatic rings. The molecule has 2 aromatic heterocycles. The van der Waals surface area contributed by atoms with Crippen LogP contribution in [0.5, 0.6) is 0 Å². The number of nitrogens with one attached hydrogen (secondary N) is 3. The molecule has 1 aromatic carbocycles. The summed E-state index contributed by atoms with van der Waals surface area (Å²) in [6, 6.07) is 7.27. The molecular formula is C22H24N8O2. The number of hydrogen-bond acceptors (Lipinski definition) is 7. The number of nitrogens with two attached hydrogens (primary N) is 1. The maximum atomic E-state index is 12.6. The highest BCUT2D eigenvalue weighted by molar-refractivity contribution is 5.98. The van der Waals surface area contributed by atoms with E-state index in [9.17, 15) is 9.59 Å². The van der Waals surface area contributed by atoms with E-state index in [-0.39, 0.29) is 17.6 Å². The van der Waals surface area contributed by atoms with Crippen molar-refractivity contribution in [3.8, 4) is 11.4 Å². The number of amides is 2. The van der Waals surface area contributed by atoms with E-state index < -0.39 is 5.91 Å². The van der Waals surface area contributed by atoms with E-state index in [1.54, 1.807) is 17.9 Å². The Kier molecular flexibility index (Phi) is 5.06. The summed E-state index contributed by atoms with van der Waals surface area (Å²) in [7, 11) is 1.78. The lowest BCUT2D eigenvalue weighted by Gasteiger charge is -2.18. The zero-order valence-electron chi connectivity index (χ0n) is 17.7. The lowest BCUT2D eigenvalue weighted by Crippen LogP contribution is -2.35. The zero-order chi connectivity index (χ0) is 22.2. The zero-order valence-corrected chi connectivity index (χ0v) is 17.7. The first-order valence-corrected chi connectivity index (χ1v) is 10.6. The molecule has 164 valence electrons. The number of benzene rings is 1. The fourth-order valence-corrected chi connectivity index (χ4v) is 4.36. The van der Waals surface area contributed by atoms with Gasteiger partial charge in [-0.25, -0.2) is 9.97 Å². The molecule has 5 N–H and O–H groups in total. The number of aromatic nitrogens is 4. The minimum atomic E-state index is -0.542. The van der Waals surface area contributed by atoms with Crippen molar-refractivity contribution in [3.05, 3.63) is 47.3 Å². The van der Waals surface area contributed by atoms with Crippen LogP contribution in [0.4, 0.5) is 17.3 Å². The van der Waals surface area contributed by atoms with Crippen LogP contribution in [0.15, 0.2) is 30.5 Å². The highest BCUT2D eigenvalue weighted by atomic mass is 16.2. The summed E-state index contributed by atoms with van der Waals surface area (Å²) in [4.78, 5) is 33.5. The van der Waals surface area contributed by atoms with Crippen molar-refractivity contribution < 1.29 is 9.59 Å². The maximum absolute atomic E-state index is 12.6. The maximum Gasteiger partial charge on any atom is 0.269 e. The molecule has 1 saturated heterocycles. The molecule has 0 bridgehead atoms. The van der Waals surface area contributed by atoms with Gasteiger partial charge in [-0.2, -0.15) is 5.10 Å². The number of hydrogen-bond donors (Lipinski definition) is 4. The molecule has 2 amide bonds. The molecule has 0 radical (unpaired) electrons. The highest BCUT2D eigenvalue weighted by Crippen LogP contribution is 2.34. The number of fused-ring (bicyclic) bond motifs is 3. The normalized spacial score (nSPS) is 16.8. The molecule has 10 heteroatoms. The van der Waals surface area contributed by atoms with Gasteiger partial charge >= 0.3 is 0 Å². The van der Waals surface area contributed by atoms with Crippen molar-refractivity contribution in [1.82, 2.24) is 25.1 Å². The van der Waals surface area contributed by atoms with Crippen LogP contribution >= 0.6 is 0 Å². The van der Waals surface area contributed by atoms with Gasteiger partial charge < -0.3 is 21.7 Å². The van der Waals surface area contributed by atoms with Crippen LogP contribution in [0.25, 0.3) is 11.4 Å². The van der Waals surface area contributed by atoms with E-state index in [1.807, 2.05) is 24.3 Å². The number of primary amides is 1. The van der Waals surface area contributed by atoms with Crippen LogP contribution < -0.4 is 21.7 Å². The van der Waals surface area contributed by atoms with E-state index in [1.165, 1.54) is 0 Å². The number of anilines is 3. The van der Waals surface area contributed by atoms with Crippen molar-refractivity contribution in [2.75, 3.05) is 17.2 Å². The van der Waals surface area contributed by atoms with Crippen molar-refractivity contribution in [2.24, 2.45) is 12.8 Å². The van der Waals surface area contributed by atoms with Crippen LogP contribution in [0.2, 0.25) is 0 Å². The fraction of sp³-hybridized carbons (Fsp3) is 0.318. The predicted octanol–water partition coefficient (Wildman–Crippen LogP) is 1.51. The summed E-state index contributed by atoms with van der Waals surface area (Å²) in [5.41, 5.74) is 10.4. The standard InChI is InChI=1S/C22H24N8O2/c1-30-19-13(18(29-30)20(23)31)9-8-12-11-25-22(28-17(12)19)27-15-6-3-2-5-14(15)26-21(32)16-7-4-10-24-16/h2-3,5-6,11,16,24H,4,7-10H2,1H3,(H2,23,31)(H,26,32)(H,25,27,28)/t16-/m0/s1. The molecule has 5 rings (SSSR count). The van der Waals surface area contributed by atoms with Crippen LogP contribution in [0.3, 0.4) is 0 Å². The van der Waals surface area contributed by atoms with Crippen LogP contribution in [0.1, 0.15) is 34.5 Å². The van der Waals surface area contributed by atoms with Crippen LogP contribution in [0, 0.1) is 0 Å². The molecule has 1 fully saturated rings. The van der Waals surface area contributed by atoms with Crippen molar-refractivity contribution in [2.45, 2.75) is 31.7 Å².